The molecule has 0 aliphatic carbocycles. The molecule has 1 N–H and O–H groups in total. The number of ether oxygens (including phenoxy) is 1. The van der Waals surface area contributed by atoms with Gasteiger partial charge in [-0.05, 0) is 47.1 Å². The highest BCUT2D eigenvalue weighted by Gasteiger charge is 2.27. The summed E-state index contributed by atoms with van der Waals surface area (Å²) in [6, 6.07) is 3.57. The molecule has 30 heavy (non-hydrogen) atoms. The quantitative estimate of drug-likeness (QED) is 0.428. The molecule has 2 rings (SSSR count). The van der Waals surface area contributed by atoms with Gasteiger partial charge in [-0.15, -0.1) is 5.10 Å². The van der Waals surface area contributed by atoms with Crippen LogP contribution in [0.1, 0.15) is 46.7 Å². The normalized spacial score (nSPS) is 12.0. The zero-order chi connectivity index (χ0) is 22.5. The van der Waals surface area contributed by atoms with Gasteiger partial charge in [0.15, 0.2) is 0 Å². The summed E-state index contributed by atoms with van der Waals surface area (Å²) in [6.07, 6.45) is 3.06. The molecule has 1 aromatic heterocycles. The van der Waals surface area contributed by atoms with E-state index in [-0.39, 0.29) is 17.1 Å². The van der Waals surface area contributed by atoms with E-state index in [0.29, 0.717) is 19.4 Å². The second-order valence-electron chi connectivity index (χ2n) is 8.33. The van der Waals surface area contributed by atoms with Crippen LogP contribution in [0.2, 0.25) is 0 Å². The van der Waals surface area contributed by atoms with Gasteiger partial charge in [-0.25, -0.2) is 0 Å². The molecule has 0 bridgehead atoms. The highest BCUT2D eigenvalue weighted by Crippen LogP contribution is 2.32. The molecule has 11 nitrogen and oxygen atoms in total. The lowest BCUT2D eigenvalue weighted by molar-refractivity contribution is -0.393. The highest BCUT2D eigenvalue weighted by atomic mass is 16.6. The van der Waals surface area contributed by atoms with Gasteiger partial charge in [0, 0.05) is 37.4 Å². The monoisotopic (exact) mass is 420 g/mol. The van der Waals surface area contributed by atoms with Gasteiger partial charge in [-0.2, -0.15) is 0 Å². The summed E-state index contributed by atoms with van der Waals surface area (Å²) in [5.74, 6) is 0. The number of hydrogen-bond acceptors (Lipinski definition) is 8. The molecule has 0 aliphatic heterocycles. The molecule has 1 heterocycles. The summed E-state index contributed by atoms with van der Waals surface area (Å²) in [6.45, 7) is 10.9. The number of rotatable bonds is 11. The van der Waals surface area contributed by atoms with Crippen molar-refractivity contribution in [1.82, 2.24) is 15.0 Å². The maximum atomic E-state index is 11.3. The van der Waals surface area contributed by atoms with Gasteiger partial charge in [-0.3, -0.25) is 24.9 Å². The van der Waals surface area contributed by atoms with Gasteiger partial charge in [-0.1, -0.05) is 5.21 Å². The molecule has 0 spiro atoms. The molecule has 11 heteroatoms. The van der Waals surface area contributed by atoms with Crippen LogP contribution >= 0.6 is 0 Å². The van der Waals surface area contributed by atoms with Crippen LogP contribution in [0.25, 0.3) is 0 Å². The average molecular weight is 420 g/mol. The number of aromatic nitrogens is 3. The molecule has 0 saturated carbocycles. The van der Waals surface area contributed by atoms with E-state index in [2.05, 4.69) is 15.6 Å². The predicted octanol–water partition coefficient (Wildman–Crippen LogP) is 3.73. The Morgan fingerprint density at radius 3 is 2.43 bits per heavy atom. The van der Waals surface area contributed by atoms with Crippen molar-refractivity contribution in [3.63, 3.8) is 0 Å². The third-order valence-corrected chi connectivity index (χ3v) is 4.60. The lowest BCUT2D eigenvalue weighted by Gasteiger charge is -2.30. The van der Waals surface area contributed by atoms with Crippen LogP contribution < -0.4 is 5.32 Å². The number of anilines is 1. The van der Waals surface area contributed by atoms with Crippen LogP contribution in [0.5, 0.6) is 0 Å². The van der Waals surface area contributed by atoms with E-state index >= 15 is 0 Å². The molecule has 1 aromatic carbocycles. The number of aryl methyl sites for hydroxylation is 1. The number of nitro benzene ring substituents is 2. The Hall–Kier alpha value is -3.08. The molecule has 0 amide bonds. The standard InChI is InChI=1S/C19H28N6O5/c1-6-23-13-14(21-22-23)12-19(4,5)30-10-9-18(2,3)20-16-8-7-15(24(26)27)11-17(16)25(28)29/h7-8,11,13,20H,6,9-10,12H2,1-5H3. The second-order valence-corrected chi connectivity index (χ2v) is 8.33. The van der Waals surface area contributed by atoms with Gasteiger partial charge >= 0.3 is 0 Å². The number of nitrogens with zero attached hydrogens (tertiary/aromatic N) is 5. The van der Waals surface area contributed by atoms with E-state index < -0.39 is 21.0 Å². The van der Waals surface area contributed by atoms with Crippen LogP contribution in [0.15, 0.2) is 24.4 Å². The molecule has 164 valence electrons. The van der Waals surface area contributed by atoms with Crippen LogP contribution in [0.4, 0.5) is 17.1 Å². The van der Waals surface area contributed by atoms with Gasteiger partial charge in [0.1, 0.15) is 5.69 Å². The Morgan fingerprint density at radius 1 is 1.17 bits per heavy atom. The Labute approximate surface area is 174 Å². The Morgan fingerprint density at radius 2 is 1.87 bits per heavy atom. The minimum Gasteiger partial charge on any atom is -0.375 e. The van der Waals surface area contributed by atoms with Crippen LogP contribution in [-0.2, 0) is 17.7 Å². The third kappa shape index (κ3) is 6.48. The number of non-ortho nitro benzene ring substituents is 1. The van der Waals surface area contributed by atoms with E-state index in [0.717, 1.165) is 18.3 Å². The van der Waals surface area contributed by atoms with E-state index in [1.54, 1.807) is 4.68 Å². The third-order valence-electron chi connectivity index (χ3n) is 4.60. The van der Waals surface area contributed by atoms with E-state index in [4.69, 9.17) is 4.74 Å². The fraction of sp³-hybridized carbons (Fsp3) is 0.579. The first-order chi connectivity index (χ1) is 13.9. The van der Waals surface area contributed by atoms with Crippen molar-refractivity contribution in [1.29, 1.82) is 0 Å². The number of benzene rings is 1. The summed E-state index contributed by atoms with van der Waals surface area (Å²) in [4.78, 5) is 20.9. The lowest BCUT2D eigenvalue weighted by atomic mass is 9.99. The second kappa shape index (κ2) is 9.16. The van der Waals surface area contributed by atoms with Crippen molar-refractivity contribution in [3.8, 4) is 0 Å². The molecule has 0 atom stereocenters. The molecule has 0 saturated heterocycles. The van der Waals surface area contributed by atoms with Gasteiger partial charge in [0.25, 0.3) is 11.4 Å². The van der Waals surface area contributed by atoms with Crippen molar-refractivity contribution in [2.45, 2.75) is 65.1 Å². The van der Waals surface area contributed by atoms with Crippen LogP contribution in [0.3, 0.4) is 0 Å². The maximum absolute atomic E-state index is 11.3. The first-order valence-electron chi connectivity index (χ1n) is 9.66. The predicted molar refractivity (Wildman–Crippen MR) is 112 cm³/mol. The van der Waals surface area contributed by atoms with Crippen molar-refractivity contribution in [3.05, 3.63) is 50.3 Å². The average Bonchev–Trinajstić information content (AvgIpc) is 3.07. The Kier molecular flexibility index (Phi) is 7.08. The summed E-state index contributed by atoms with van der Waals surface area (Å²) in [5, 5.41) is 33.5. The Bertz CT molecular complexity index is 909. The summed E-state index contributed by atoms with van der Waals surface area (Å²) < 4.78 is 7.80. The van der Waals surface area contributed by atoms with Crippen molar-refractivity contribution >= 4 is 17.1 Å². The molecule has 2 aromatic rings. The number of nitrogens with one attached hydrogen (secondary N) is 1. The molecule has 0 fully saturated rings. The smallest absolute Gasteiger partial charge is 0.299 e. The van der Waals surface area contributed by atoms with E-state index in [1.165, 1.54) is 12.1 Å². The summed E-state index contributed by atoms with van der Waals surface area (Å²) in [5.41, 5.74) is -0.578. The SMILES string of the molecule is CCn1cc(CC(C)(C)OCCC(C)(C)Nc2ccc([N+](=O)[O-])cc2[N+](=O)[O-])nn1. The maximum Gasteiger partial charge on any atom is 0.299 e. The van der Waals surface area contributed by atoms with Gasteiger partial charge < -0.3 is 10.1 Å². The molecule has 0 unspecified atom stereocenters. The minimum absolute atomic E-state index is 0.228. The van der Waals surface area contributed by atoms with Crippen LogP contribution in [-0.4, -0.2) is 42.6 Å². The largest absolute Gasteiger partial charge is 0.375 e. The zero-order valence-electron chi connectivity index (χ0n) is 17.9. The van der Waals surface area contributed by atoms with Gasteiger partial charge in [0.2, 0.25) is 0 Å². The summed E-state index contributed by atoms with van der Waals surface area (Å²) in [7, 11) is 0. The lowest BCUT2D eigenvalue weighted by Crippen LogP contribution is -2.35. The van der Waals surface area contributed by atoms with E-state index in [9.17, 15) is 20.2 Å². The topological polar surface area (TPSA) is 138 Å². The minimum atomic E-state index is -0.656. The number of nitro groups is 2. The van der Waals surface area contributed by atoms with Crippen molar-refractivity contribution < 1.29 is 14.6 Å². The van der Waals surface area contributed by atoms with Gasteiger partial charge in [0.05, 0.1) is 27.2 Å². The first-order valence-corrected chi connectivity index (χ1v) is 9.66. The van der Waals surface area contributed by atoms with Crippen molar-refractivity contribution in [2.75, 3.05) is 11.9 Å². The van der Waals surface area contributed by atoms with Crippen molar-refractivity contribution in [2.24, 2.45) is 0 Å². The van der Waals surface area contributed by atoms with Crippen LogP contribution in [0, 0.1) is 20.2 Å². The molecular weight excluding hydrogens is 392 g/mol. The fourth-order valence-electron chi connectivity index (χ4n) is 2.96. The highest BCUT2D eigenvalue weighted by molar-refractivity contribution is 5.66. The summed E-state index contributed by atoms with van der Waals surface area (Å²) >= 11 is 0. The zero-order valence-corrected chi connectivity index (χ0v) is 17.9. The number of hydrogen-bond donors (Lipinski definition) is 1. The van der Waals surface area contributed by atoms with E-state index in [1.807, 2.05) is 40.8 Å². The Balaban J connectivity index is 1.98. The first kappa shape index (κ1) is 23.2. The molecule has 0 radical (unpaired) electrons. The molecular formula is C19H28N6O5. The molecule has 0 aliphatic rings. The fourth-order valence-corrected chi connectivity index (χ4v) is 2.96.